The van der Waals surface area contributed by atoms with Crippen molar-refractivity contribution in [2.45, 2.75) is 38.1 Å². The Kier molecular flexibility index (Phi) is 5.72. The van der Waals surface area contributed by atoms with Gasteiger partial charge in [-0.25, -0.2) is 0 Å². The summed E-state index contributed by atoms with van der Waals surface area (Å²) in [4.78, 5) is 28.1. The van der Waals surface area contributed by atoms with Crippen LogP contribution in [0.2, 0.25) is 5.02 Å². The molecule has 2 atom stereocenters. The second-order valence-electron chi connectivity index (χ2n) is 9.84. The Labute approximate surface area is 209 Å². The number of benzene rings is 3. The van der Waals surface area contributed by atoms with E-state index in [1.165, 1.54) is 0 Å². The number of anilines is 1. The number of hydrogen-bond donors (Lipinski definition) is 1. The molecule has 180 valence electrons. The van der Waals surface area contributed by atoms with Crippen LogP contribution in [0, 0.1) is 0 Å². The average molecular weight is 492 g/mol. The number of fused-ring (bicyclic) bond motifs is 2. The zero-order chi connectivity index (χ0) is 24.9. The maximum atomic E-state index is 13.9. The molecular formula is C28H26ClNO5. The van der Waals surface area contributed by atoms with Crippen molar-refractivity contribution in [1.82, 2.24) is 0 Å². The van der Waals surface area contributed by atoms with Crippen LogP contribution in [-0.2, 0) is 10.2 Å². The van der Waals surface area contributed by atoms with Gasteiger partial charge in [-0.3, -0.25) is 14.5 Å². The Bertz CT molecular complexity index is 1330. The average Bonchev–Trinajstić information content (AvgIpc) is 2.82. The van der Waals surface area contributed by atoms with Gasteiger partial charge in [0.15, 0.2) is 11.5 Å². The van der Waals surface area contributed by atoms with Crippen LogP contribution in [0.5, 0.6) is 11.5 Å². The van der Waals surface area contributed by atoms with Gasteiger partial charge in [0.1, 0.15) is 19.1 Å². The van der Waals surface area contributed by atoms with Gasteiger partial charge in [0.25, 0.3) is 5.91 Å². The molecule has 3 aromatic rings. The Morgan fingerprint density at radius 2 is 1.71 bits per heavy atom. The van der Waals surface area contributed by atoms with Gasteiger partial charge in [-0.1, -0.05) is 62.7 Å². The van der Waals surface area contributed by atoms with Crippen LogP contribution >= 0.6 is 11.6 Å². The first-order valence-corrected chi connectivity index (χ1v) is 11.9. The van der Waals surface area contributed by atoms with E-state index >= 15 is 0 Å². The summed E-state index contributed by atoms with van der Waals surface area (Å²) in [6.45, 7) is 7.04. The minimum absolute atomic E-state index is 0.188. The summed E-state index contributed by atoms with van der Waals surface area (Å²) >= 11 is 6.68. The van der Waals surface area contributed by atoms with Crippen LogP contribution in [0.15, 0.2) is 60.7 Å². The van der Waals surface area contributed by atoms with E-state index in [9.17, 15) is 14.7 Å². The number of aliphatic carboxylic acids is 1. The van der Waals surface area contributed by atoms with Gasteiger partial charge in [-0.15, -0.1) is 0 Å². The highest BCUT2D eigenvalue weighted by Crippen LogP contribution is 2.47. The standard InChI is InChI=1S/C28H26ClNO5/c1-28(2,3)20-10-9-17(15-21(20)29)30-25(16-8-11-22-23(14-16)35-13-12-34-22)24(27(32)33)18-6-4-5-7-19(18)26(30)31/h4-11,14-15,24-25H,12-13H2,1-3H3,(H,32,33). The molecule has 2 unspecified atom stereocenters. The number of nitrogens with zero attached hydrogens (tertiary/aromatic N) is 1. The maximum absolute atomic E-state index is 13.9. The lowest BCUT2D eigenvalue weighted by Crippen LogP contribution is -2.45. The van der Waals surface area contributed by atoms with E-state index in [2.05, 4.69) is 20.8 Å². The summed E-state index contributed by atoms with van der Waals surface area (Å²) in [6.07, 6.45) is 0. The van der Waals surface area contributed by atoms with Crippen molar-refractivity contribution in [3.8, 4) is 11.5 Å². The molecule has 0 aromatic heterocycles. The number of rotatable bonds is 3. The molecule has 0 fully saturated rings. The lowest BCUT2D eigenvalue weighted by Gasteiger charge is -2.41. The molecule has 7 heteroatoms. The number of carbonyl (C=O) groups excluding carboxylic acids is 1. The third-order valence-corrected chi connectivity index (χ3v) is 6.86. The highest BCUT2D eigenvalue weighted by Gasteiger charge is 2.45. The SMILES string of the molecule is CC(C)(C)c1ccc(N2C(=O)c3ccccc3C(C(=O)O)C2c2ccc3c(c2)OCCO3)cc1Cl. The number of hydrogen-bond acceptors (Lipinski definition) is 4. The molecule has 0 bridgehead atoms. The van der Waals surface area contributed by atoms with E-state index in [-0.39, 0.29) is 11.3 Å². The van der Waals surface area contributed by atoms with E-state index in [1.807, 2.05) is 12.1 Å². The van der Waals surface area contributed by atoms with Gasteiger partial charge in [0, 0.05) is 16.3 Å². The fraction of sp³-hybridized carbons (Fsp3) is 0.286. The van der Waals surface area contributed by atoms with Crippen molar-refractivity contribution in [1.29, 1.82) is 0 Å². The van der Waals surface area contributed by atoms with Crippen LogP contribution in [0.3, 0.4) is 0 Å². The monoisotopic (exact) mass is 491 g/mol. The van der Waals surface area contributed by atoms with Crippen molar-refractivity contribution in [2.24, 2.45) is 0 Å². The number of halogens is 1. The molecule has 1 amide bonds. The largest absolute Gasteiger partial charge is 0.486 e. The molecule has 0 saturated heterocycles. The first kappa shape index (κ1) is 23.2. The van der Waals surface area contributed by atoms with Crippen LogP contribution in [0.25, 0.3) is 0 Å². The second-order valence-corrected chi connectivity index (χ2v) is 10.2. The van der Waals surface area contributed by atoms with Crippen molar-refractivity contribution >= 4 is 29.2 Å². The Balaban J connectivity index is 1.72. The first-order chi connectivity index (χ1) is 16.7. The molecule has 5 rings (SSSR count). The highest BCUT2D eigenvalue weighted by molar-refractivity contribution is 6.32. The predicted octanol–water partition coefficient (Wildman–Crippen LogP) is 5.98. The maximum Gasteiger partial charge on any atom is 0.313 e. The molecule has 0 spiro atoms. The minimum atomic E-state index is -1.02. The van der Waals surface area contributed by atoms with Gasteiger partial charge in [0.2, 0.25) is 0 Å². The number of carboxylic acids is 1. The normalized spacial score (nSPS) is 19.3. The third kappa shape index (κ3) is 4.02. The lowest BCUT2D eigenvalue weighted by molar-refractivity contribution is -0.139. The molecule has 2 aliphatic rings. The summed E-state index contributed by atoms with van der Waals surface area (Å²) in [5.41, 5.74) is 2.78. The minimum Gasteiger partial charge on any atom is -0.486 e. The van der Waals surface area contributed by atoms with Gasteiger partial charge in [-0.2, -0.15) is 0 Å². The van der Waals surface area contributed by atoms with Crippen LogP contribution in [-0.4, -0.2) is 30.2 Å². The van der Waals surface area contributed by atoms with Gasteiger partial charge < -0.3 is 14.6 Å². The predicted molar refractivity (Wildman–Crippen MR) is 134 cm³/mol. The molecule has 2 heterocycles. The van der Waals surface area contributed by atoms with Crippen molar-refractivity contribution in [3.05, 3.63) is 87.9 Å². The Hall–Kier alpha value is -3.51. The van der Waals surface area contributed by atoms with Crippen LogP contribution in [0.1, 0.15) is 59.8 Å². The zero-order valence-electron chi connectivity index (χ0n) is 19.7. The second kappa shape index (κ2) is 8.61. The summed E-state index contributed by atoms with van der Waals surface area (Å²) < 4.78 is 11.4. The third-order valence-electron chi connectivity index (χ3n) is 6.55. The molecule has 0 saturated carbocycles. The molecule has 1 N–H and O–H groups in total. The summed E-state index contributed by atoms with van der Waals surface area (Å²) in [6, 6.07) is 16.9. The van der Waals surface area contributed by atoms with E-state index in [1.54, 1.807) is 53.4 Å². The Morgan fingerprint density at radius 1 is 1.00 bits per heavy atom. The smallest absolute Gasteiger partial charge is 0.313 e. The van der Waals surface area contributed by atoms with Crippen molar-refractivity contribution < 1.29 is 24.2 Å². The lowest BCUT2D eigenvalue weighted by atomic mass is 9.79. The van der Waals surface area contributed by atoms with Gasteiger partial charge in [0.05, 0.1) is 6.04 Å². The van der Waals surface area contributed by atoms with Crippen LogP contribution < -0.4 is 14.4 Å². The fourth-order valence-corrected chi connectivity index (χ4v) is 5.39. The topological polar surface area (TPSA) is 76.1 Å². The molecule has 2 aliphatic heterocycles. The zero-order valence-corrected chi connectivity index (χ0v) is 20.5. The highest BCUT2D eigenvalue weighted by atomic mass is 35.5. The molecule has 6 nitrogen and oxygen atoms in total. The van der Waals surface area contributed by atoms with E-state index < -0.39 is 17.9 Å². The fourth-order valence-electron chi connectivity index (χ4n) is 4.93. The van der Waals surface area contributed by atoms with Crippen LogP contribution in [0.4, 0.5) is 5.69 Å². The van der Waals surface area contributed by atoms with Gasteiger partial charge in [-0.05, 0) is 52.4 Å². The quantitative estimate of drug-likeness (QED) is 0.488. The number of carboxylic acid groups (broad SMARTS) is 1. The summed E-state index contributed by atoms with van der Waals surface area (Å²) in [5.74, 6) is -1.17. The van der Waals surface area contributed by atoms with Crippen molar-refractivity contribution in [2.75, 3.05) is 18.1 Å². The first-order valence-electron chi connectivity index (χ1n) is 11.5. The van der Waals surface area contributed by atoms with E-state index in [0.29, 0.717) is 52.1 Å². The summed E-state index contributed by atoms with van der Waals surface area (Å²) in [7, 11) is 0. The number of ether oxygens (including phenoxy) is 2. The van der Waals surface area contributed by atoms with Crippen molar-refractivity contribution in [3.63, 3.8) is 0 Å². The number of carbonyl (C=O) groups is 2. The number of amides is 1. The van der Waals surface area contributed by atoms with E-state index in [4.69, 9.17) is 21.1 Å². The van der Waals surface area contributed by atoms with Gasteiger partial charge >= 0.3 is 5.97 Å². The Morgan fingerprint density at radius 3 is 2.40 bits per heavy atom. The molecule has 35 heavy (non-hydrogen) atoms. The molecule has 0 aliphatic carbocycles. The molecule has 3 aromatic carbocycles. The molecular weight excluding hydrogens is 466 g/mol. The molecule has 0 radical (unpaired) electrons. The summed E-state index contributed by atoms with van der Waals surface area (Å²) in [5, 5.41) is 10.9. The van der Waals surface area contributed by atoms with E-state index in [0.717, 1.165) is 5.56 Å².